The molecule has 0 saturated carbocycles. The molecular formula is C23H14Cl2F4N4O3. The third-order valence-electron chi connectivity index (χ3n) is 5.03. The smallest absolute Gasteiger partial charge is 0.416 e. The Morgan fingerprint density at radius 1 is 1.08 bits per heavy atom. The zero-order valence-electron chi connectivity index (χ0n) is 18.1. The van der Waals surface area contributed by atoms with E-state index in [1.165, 1.54) is 25.3 Å². The number of carbonyl (C=O) groups excluding carboxylic acids is 1. The summed E-state index contributed by atoms with van der Waals surface area (Å²) in [5.41, 5.74) is -2.08. The Morgan fingerprint density at radius 2 is 1.78 bits per heavy atom. The lowest BCUT2D eigenvalue weighted by molar-refractivity contribution is -0.137. The maximum absolute atomic E-state index is 14.1. The Kier molecular flexibility index (Phi) is 6.79. The number of benzene rings is 3. The number of hydrogen-bond acceptors (Lipinski definition) is 4. The second kappa shape index (κ2) is 9.67. The lowest BCUT2D eigenvalue weighted by Gasteiger charge is -2.13. The van der Waals surface area contributed by atoms with Crippen molar-refractivity contribution in [3.05, 3.63) is 92.1 Å². The van der Waals surface area contributed by atoms with Gasteiger partial charge in [0.05, 0.1) is 45.2 Å². The molecule has 0 fully saturated rings. The van der Waals surface area contributed by atoms with E-state index in [2.05, 4.69) is 15.4 Å². The molecule has 4 aromatic rings. The second-order valence-corrected chi connectivity index (χ2v) is 8.13. The standard InChI is InChI=1S/C23H14Cl2F4N4O3/c1-36-18-10-12(33-22(35)31-20(32-33)19-14(24)3-2-4-15(19)25)6-7-13(18)21(34)30-17-9-11(23(27,28)29)5-8-16(17)26/h2-10H,1H3,(H,30,34)(H,31,32,35). The van der Waals surface area contributed by atoms with E-state index in [4.69, 9.17) is 27.9 Å². The lowest BCUT2D eigenvalue weighted by atomic mass is 10.1. The summed E-state index contributed by atoms with van der Waals surface area (Å²) >= 11 is 12.4. The van der Waals surface area contributed by atoms with Gasteiger partial charge in [-0.1, -0.05) is 29.3 Å². The van der Waals surface area contributed by atoms with Crippen molar-refractivity contribution in [2.24, 2.45) is 0 Å². The van der Waals surface area contributed by atoms with E-state index in [-0.39, 0.29) is 32.9 Å². The number of amides is 1. The molecule has 2 N–H and O–H groups in total. The van der Waals surface area contributed by atoms with Crippen molar-refractivity contribution in [2.75, 3.05) is 12.4 Å². The first-order chi connectivity index (χ1) is 17.0. The van der Waals surface area contributed by atoms with Gasteiger partial charge in [-0.2, -0.15) is 17.9 Å². The molecule has 7 nitrogen and oxygen atoms in total. The molecule has 186 valence electrons. The molecule has 13 heteroatoms. The van der Waals surface area contributed by atoms with Crippen LogP contribution in [0.5, 0.6) is 5.75 Å². The van der Waals surface area contributed by atoms with Gasteiger partial charge in [0.25, 0.3) is 5.91 Å². The highest BCUT2D eigenvalue weighted by Gasteiger charge is 2.31. The van der Waals surface area contributed by atoms with Crippen molar-refractivity contribution in [1.29, 1.82) is 0 Å². The van der Waals surface area contributed by atoms with Crippen LogP contribution in [0.1, 0.15) is 15.9 Å². The molecule has 0 aliphatic carbocycles. The van der Waals surface area contributed by atoms with Crippen LogP contribution < -0.4 is 15.7 Å². The molecule has 0 bridgehead atoms. The predicted molar refractivity (Wildman–Crippen MR) is 126 cm³/mol. The second-order valence-electron chi connectivity index (χ2n) is 7.32. The summed E-state index contributed by atoms with van der Waals surface area (Å²) in [7, 11) is 1.24. The van der Waals surface area contributed by atoms with Gasteiger partial charge < -0.3 is 10.1 Å². The molecule has 36 heavy (non-hydrogen) atoms. The van der Waals surface area contributed by atoms with Crippen LogP contribution >= 0.6 is 23.2 Å². The highest BCUT2D eigenvalue weighted by Crippen LogP contribution is 2.33. The average Bonchev–Trinajstić information content (AvgIpc) is 3.20. The number of carbonyl (C=O) groups is 1. The third kappa shape index (κ3) is 4.93. The third-order valence-corrected chi connectivity index (χ3v) is 5.66. The summed E-state index contributed by atoms with van der Waals surface area (Å²) in [6, 6.07) is 10.3. The van der Waals surface area contributed by atoms with E-state index in [0.717, 1.165) is 4.68 Å². The Hall–Kier alpha value is -3.83. The molecule has 0 aliphatic heterocycles. The topological polar surface area (TPSA) is 89.0 Å². The first-order valence-electron chi connectivity index (χ1n) is 10.00. The number of aromatic nitrogens is 3. The number of anilines is 1. The predicted octanol–water partition coefficient (Wildman–Crippen LogP) is 5.95. The molecule has 4 rings (SSSR count). The van der Waals surface area contributed by atoms with Gasteiger partial charge in [-0.05, 0) is 42.5 Å². The minimum Gasteiger partial charge on any atom is -0.496 e. The minimum absolute atomic E-state index is 0.0513. The summed E-state index contributed by atoms with van der Waals surface area (Å²) in [6.45, 7) is 0. The van der Waals surface area contributed by atoms with Gasteiger partial charge in [-0.25, -0.2) is 9.18 Å². The van der Waals surface area contributed by atoms with E-state index in [0.29, 0.717) is 23.8 Å². The Balaban J connectivity index is 1.67. The molecule has 0 atom stereocenters. The van der Waals surface area contributed by atoms with E-state index in [9.17, 15) is 27.2 Å². The maximum Gasteiger partial charge on any atom is 0.416 e. The van der Waals surface area contributed by atoms with Gasteiger partial charge >= 0.3 is 11.9 Å². The van der Waals surface area contributed by atoms with Crippen molar-refractivity contribution in [3.63, 3.8) is 0 Å². The molecule has 0 saturated heterocycles. The van der Waals surface area contributed by atoms with Crippen molar-refractivity contribution in [3.8, 4) is 22.8 Å². The largest absolute Gasteiger partial charge is 0.496 e. The molecule has 1 heterocycles. The SMILES string of the molecule is COc1cc(-n2nc(-c3c(Cl)cccc3Cl)[nH]c2=O)ccc1C(=O)Nc1cc(C(F)(F)F)ccc1F. The molecule has 0 spiro atoms. The number of methoxy groups -OCH3 is 1. The molecule has 0 radical (unpaired) electrons. The normalized spacial score (nSPS) is 11.4. The first-order valence-corrected chi connectivity index (χ1v) is 10.8. The van der Waals surface area contributed by atoms with Crippen LogP contribution in [0.4, 0.5) is 23.2 Å². The highest BCUT2D eigenvalue weighted by molar-refractivity contribution is 6.38. The lowest BCUT2D eigenvalue weighted by Crippen LogP contribution is -2.18. The number of nitrogens with zero attached hydrogens (tertiary/aromatic N) is 2. The summed E-state index contributed by atoms with van der Waals surface area (Å²) in [5.74, 6) is -1.95. The monoisotopic (exact) mass is 540 g/mol. The van der Waals surface area contributed by atoms with Crippen molar-refractivity contribution in [2.45, 2.75) is 6.18 Å². The van der Waals surface area contributed by atoms with Crippen LogP contribution in [0, 0.1) is 5.82 Å². The van der Waals surface area contributed by atoms with E-state index < -0.39 is 34.8 Å². The van der Waals surface area contributed by atoms with Gasteiger partial charge in [0.15, 0.2) is 5.82 Å². The first kappa shape index (κ1) is 25.3. The van der Waals surface area contributed by atoms with Gasteiger partial charge in [0.2, 0.25) is 0 Å². The van der Waals surface area contributed by atoms with Crippen LogP contribution in [0.25, 0.3) is 17.1 Å². The number of H-pyrrole nitrogens is 1. The number of hydrogen-bond donors (Lipinski definition) is 2. The Morgan fingerprint density at radius 3 is 2.42 bits per heavy atom. The van der Waals surface area contributed by atoms with Gasteiger partial charge in [-0.15, -0.1) is 5.10 Å². The van der Waals surface area contributed by atoms with Crippen molar-refractivity contribution in [1.82, 2.24) is 14.8 Å². The number of alkyl halides is 3. The summed E-state index contributed by atoms with van der Waals surface area (Å²) < 4.78 is 59.2. The number of aromatic amines is 1. The molecule has 0 aliphatic rings. The van der Waals surface area contributed by atoms with E-state index in [1.54, 1.807) is 18.2 Å². The highest BCUT2D eigenvalue weighted by atomic mass is 35.5. The fourth-order valence-electron chi connectivity index (χ4n) is 3.32. The van der Waals surface area contributed by atoms with Gasteiger partial charge in [-0.3, -0.25) is 9.78 Å². The van der Waals surface area contributed by atoms with Crippen molar-refractivity contribution < 1.29 is 27.1 Å². The maximum atomic E-state index is 14.1. The van der Waals surface area contributed by atoms with Crippen molar-refractivity contribution >= 4 is 34.8 Å². The van der Waals surface area contributed by atoms with Gasteiger partial charge in [0.1, 0.15) is 11.6 Å². The molecule has 1 aromatic heterocycles. The molecular weight excluding hydrogens is 527 g/mol. The summed E-state index contributed by atoms with van der Waals surface area (Å²) in [5, 5.41) is 6.83. The minimum atomic E-state index is -4.73. The fourth-order valence-corrected chi connectivity index (χ4v) is 3.90. The van der Waals surface area contributed by atoms with Crippen LogP contribution in [0.15, 0.2) is 59.4 Å². The van der Waals surface area contributed by atoms with Gasteiger partial charge in [0, 0.05) is 6.07 Å². The molecule has 3 aromatic carbocycles. The zero-order chi connectivity index (χ0) is 26.2. The molecule has 0 unspecified atom stereocenters. The number of nitrogens with one attached hydrogen (secondary N) is 2. The van der Waals surface area contributed by atoms with Crippen LogP contribution in [-0.2, 0) is 6.18 Å². The van der Waals surface area contributed by atoms with Crippen LogP contribution in [0.2, 0.25) is 10.0 Å². The molecule has 1 amide bonds. The average molecular weight is 541 g/mol. The quantitative estimate of drug-likeness (QED) is 0.306. The Labute approximate surface area is 210 Å². The number of rotatable bonds is 5. The van der Waals surface area contributed by atoms with Crippen LogP contribution in [0.3, 0.4) is 0 Å². The number of halogens is 6. The summed E-state index contributed by atoms with van der Waals surface area (Å²) in [6.07, 6.45) is -4.73. The van der Waals surface area contributed by atoms with E-state index >= 15 is 0 Å². The Bertz CT molecular complexity index is 1510. The number of ether oxygens (including phenoxy) is 1. The summed E-state index contributed by atoms with van der Waals surface area (Å²) in [4.78, 5) is 27.8. The van der Waals surface area contributed by atoms with E-state index in [1.807, 2.05) is 0 Å². The fraction of sp³-hybridized carbons (Fsp3) is 0.0870. The zero-order valence-corrected chi connectivity index (χ0v) is 19.6. The van der Waals surface area contributed by atoms with Crippen LogP contribution in [-0.4, -0.2) is 27.8 Å².